The maximum atomic E-state index is 12.4. The van der Waals surface area contributed by atoms with Gasteiger partial charge in [0.15, 0.2) is 9.84 Å². The van der Waals surface area contributed by atoms with Crippen LogP contribution in [0.4, 0.5) is 14.5 Å². The molecule has 0 unspecified atom stereocenters. The highest BCUT2D eigenvalue weighted by atomic mass is 32.2. The van der Waals surface area contributed by atoms with Gasteiger partial charge in [0.1, 0.15) is 5.71 Å². The average Bonchev–Trinajstić information content (AvgIpc) is 2.96. The maximum Gasteiger partial charge on any atom is 0.288 e. The van der Waals surface area contributed by atoms with Crippen LogP contribution in [-0.2, 0) is 19.4 Å². The number of anilines is 1. The van der Waals surface area contributed by atoms with Gasteiger partial charge in [-0.2, -0.15) is 13.9 Å². The zero-order valence-corrected chi connectivity index (χ0v) is 15.7. The third kappa shape index (κ3) is 5.04. The highest BCUT2D eigenvalue weighted by Crippen LogP contribution is 2.26. The molecule has 3 rings (SSSR count). The van der Waals surface area contributed by atoms with Crippen molar-refractivity contribution in [3.8, 4) is 0 Å². The molecule has 1 aromatic carbocycles. The van der Waals surface area contributed by atoms with Crippen LogP contribution in [-0.4, -0.2) is 54.3 Å². The minimum Gasteiger partial charge on any atom is -0.321 e. The fourth-order valence-electron chi connectivity index (χ4n) is 2.91. The summed E-state index contributed by atoms with van der Waals surface area (Å²) in [6.07, 6.45) is 0.530. The summed E-state index contributed by atoms with van der Waals surface area (Å²) in [6, 6.07) is 5.39. The van der Waals surface area contributed by atoms with Crippen LogP contribution in [0.2, 0.25) is 0 Å². The number of alkyl halides is 2. The number of sulfone groups is 1. The van der Waals surface area contributed by atoms with E-state index in [1.807, 2.05) is 0 Å². The Kier molecular flexibility index (Phi) is 5.80. The van der Waals surface area contributed by atoms with Gasteiger partial charge in [-0.1, -0.05) is 11.8 Å². The first-order chi connectivity index (χ1) is 12.7. The molecule has 0 aromatic heterocycles. The van der Waals surface area contributed by atoms with Crippen molar-refractivity contribution < 1.29 is 26.8 Å². The molecule has 0 radical (unpaired) electrons. The molecule has 146 valence electrons. The van der Waals surface area contributed by atoms with Crippen molar-refractivity contribution in [3.05, 3.63) is 24.3 Å². The number of hydrogen-bond acceptors (Lipinski definition) is 6. The minimum absolute atomic E-state index is 0.00146. The Hall–Kier alpha value is -2.01. The first-order valence-corrected chi connectivity index (χ1v) is 10.9. The van der Waals surface area contributed by atoms with Gasteiger partial charge < -0.3 is 5.32 Å². The number of carbonyl (C=O) groups excluding carboxylic acids is 2. The zero-order chi connectivity index (χ0) is 19.6. The lowest BCUT2D eigenvalue weighted by atomic mass is 10.1. The van der Waals surface area contributed by atoms with Crippen LogP contribution in [0.25, 0.3) is 0 Å². The number of nitrogens with zero attached hydrogens (tertiary/aromatic N) is 2. The third-order valence-corrected chi connectivity index (χ3v) is 6.69. The normalized spacial score (nSPS) is 22.0. The molecule has 7 nitrogen and oxygen atoms in total. The van der Waals surface area contributed by atoms with Crippen molar-refractivity contribution >= 4 is 44.8 Å². The molecule has 2 amide bonds. The molecule has 2 aliphatic heterocycles. The van der Waals surface area contributed by atoms with Crippen molar-refractivity contribution in [1.29, 1.82) is 0 Å². The lowest BCUT2D eigenvalue weighted by molar-refractivity contribution is -0.133. The summed E-state index contributed by atoms with van der Waals surface area (Å²) in [4.78, 5) is 24.8. The third-order valence-electron chi connectivity index (χ3n) is 4.21. The van der Waals surface area contributed by atoms with Gasteiger partial charge in [-0.15, -0.1) is 0 Å². The van der Waals surface area contributed by atoms with E-state index in [0.29, 0.717) is 28.8 Å². The first kappa shape index (κ1) is 19.7. The molecule has 0 saturated carbocycles. The summed E-state index contributed by atoms with van der Waals surface area (Å²) in [5.74, 6) is -3.49. The second kappa shape index (κ2) is 7.93. The largest absolute Gasteiger partial charge is 0.321 e. The Balaban J connectivity index is 1.68. The van der Waals surface area contributed by atoms with E-state index in [0.717, 1.165) is 5.01 Å². The summed E-state index contributed by atoms with van der Waals surface area (Å²) in [7, 11) is -3.19. The van der Waals surface area contributed by atoms with E-state index >= 15 is 0 Å². The molecular weight excluding hydrogens is 400 g/mol. The molecule has 1 aromatic rings. The maximum absolute atomic E-state index is 12.4. The molecule has 1 fully saturated rings. The standard InChI is InChI=1S/C16H17F2N3O4S2/c17-16(18)26-12-3-1-10(2-4-12)19-15(23)13-5-6-14(22)21(20-13)11-7-8-27(24,25)9-11/h1-4,11,16H,5-9H2,(H,19,23)/t11-/m1/s1. The monoisotopic (exact) mass is 417 g/mol. The SMILES string of the molecule is O=C(Nc1ccc(SC(F)F)cc1)C1=NN([C@@H]2CCS(=O)(=O)C2)C(=O)CC1. The van der Waals surface area contributed by atoms with Crippen LogP contribution in [0, 0.1) is 0 Å². The molecule has 27 heavy (non-hydrogen) atoms. The number of benzene rings is 1. The number of nitrogens with one attached hydrogen (secondary N) is 1. The first-order valence-electron chi connectivity index (χ1n) is 8.20. The lowest BCUT2D eigenvalue weighted by Crippen LogP contribution is -2.42. The Morgan fingerprint density at radius 1 is 1.26 bits per heavy atom. The van der Waals surface area contributed by atoms with Crippen molar-refractivity contribution in [2.24, 2.45) is 5.10 Å². The number of carbonyl (C=O) groups is 2. The molecule has 0 spiro atoms. The van der Waals surface area contributed by atoms with Crippen molar-refractivity contribution in [2.45, 2.75) is 36.0 Å². The number of hydrogen-bond donors (Lipinski definition) is 1. The van der Waals surface area contributed by atoms with Crippen LogP contribution >= 0.6 is 11.8 Å². The Labute approximate surface area is 159 Å². The second-order valence-electron chi connectivity index (χ2n) is 6.20. The molecular formula is C16H17F2N3O4S2. The van der Waals surface area contributed by atoms with Crippen molar-refractivity contribution in [3.63, 3.8) is 0 Å². The lowest BCUT2D eigenvalue weighted by Gasteiger charge is -2.27. The van der Waals surface area contributed by atoms with Gasteiger partial charge in [-0.25, -0.2) is 13.4 Å². The molecule has 11 heteroatoms. The number of hydrazone groups is 1. The van der Waals surface area contributed by atoms with Gasteiger partial charge in [0.25, 0.3) is 11.7 Å². The van der Waals surface area contributed by atoms with E-state index in [1.165, 1.54) is 24.3 Å². The summed E-state index contributed by atoms with van der Waals surface area (Å²) in [5, 5.41) is 7.81. The summed E-state index contributed by atoms with van der Waals surface area (Å²) in [6.45, 7) is 0. The van der Waals surface area contributed by atoms with Crippen LogP contribution in [0.15, 0.2) is 34.3 Å². The van der Waals surface area contributed by atoms with Crippen LogP contribution in [0.1, 0.15) is 19.3 Å². The average molecular weight is 417 g/mol. The molecule has 0 bridgehead atoms. The van der Waals surface area contributed by atoms with Gasteiger partial charge >= 0.3 is 0 Å². The number of thioether (sulfide) groups is 1. The zero-order valence-electron chi connectivity index (χ0n) is 14.1. The molecule has 1 N–H and O–H groups in total. The van der Waals surface area contributed by atoms with E-state index < -0.39 is 27.5 Å². The fraction of sp³-hybridized carbons (Fsp3) is 0.438. The molecule has 2 aliphatic rings. The van der Waals surface area contributed by atoms with E-state index in [2.05, 4.69) is 10.4 Å². The van der Waals surface area contributed by atoms with E-state index in [4.69, 9.17) is 0 Å². The van der Waals surface area contributed by atoms with Gasteiger partial charge in [-0.3, -0.25) is 9.59 Å². The number of rotatable bonds is 5. The summed E-state index contributed by atoms with van der Waals surface area (Å²) in [5.41, 5.74) is 0.540. The van der Waals surface area contributed by atoms with E-state index in [1.54, 1.807) is 0 Å². The quantitative estimate of drug-likeness (QED) is 0.741. The van der Waals surface area contributed by atoms with Gasteiger partial charge in [0, 0.05) is 23.4 Å². The molecule has 1 atom stereocenters. The molecule has 2 heterocycles. The minimum atomic E-state index is -3.19. The smallest absolute Gasteiger partial charge is 0.288 e. The summed E-state index contributed by atoms with van der Waals surface area (Å²) >= 11 is 0.405. The van der Waals surface area contributed by atoms with Gasteiger partial charge in [0.2, 0.25) is 5.91 Å². The van der Waals surface area contributed by atoms with Gasteiger partial charge in [0.05, 0.1) is 17.5 Å². The van der Waals surface area contributed by atoms with Crippen molar-refractivity contribution in [1.82, 2.24) is 5.01 Å². The van der Waals surface area contributed by atoms with E-state index in [-0.39, 0.29) is 36.0 Å². The van der Waals surface area contributed by atoms with Crippen LogP contribution in [0.3, 0.4) is 0 Å². The second-order valence-corrected chi connectivity index (χ2v) is 9.49. The summed E-state index contributed by atoms with van der Waals surface area (Å²) < 4.78 is 47.9. The fourth-order valence-corrected chi connectivity index (χ4v) is 5.10. The van der Waals surface area contributed by atoms with Crippen LogP contribution < -0.4 is 5.32 Å². The topological polar surface area (TPSA) is 95.9 Å². The number of halogens is 2. The Morgan fingerprint density at radius 3 is 2.56 bits per heavy atom. The Morgan fingerprint density at radius 2 is 1.96 bits per heavy atom. The Bertz CT molecular complexity index is 872. The number of amides is 2. The highest BCUT2D eigenvalue weighted by Gasteiger charge is 2.37. The van der Waals surface area contributed by atoms with Gasteiger partial charge in [-0.05, 0) is 30.7 Å². The van der Waals surface area contributed by atoms with Crippen LogP contribution in [0.5, 0.6) is 0 Å². The van der Waals surface area contributed by atoms with E-state index in [9.17, 15) is 26.8 Å². The molecule has 1 saturated heterocycles. The highest BCUT2D eigenvalue weighted by molar-refractivity contribution is 7.99. The predicted molar refractivity (Wildman–Crippen MR) is 97.5 cm³/mol. The molecule has 0 aliphatic carbocycles. The predicted octanol–water partition coefficient (Wildman–Crippen LogP) is 2.11. The van der Waals surface area contributed by atoms with Crippen molar-refractivity contribution in [2.75, 3.05) is 16.8 Å².